The number of halogens is 1. The van der Waals surface area contributed by atoms with Crippen LogP contribution in [-0.4, -0.2) is 25.9 Å². The van der Waals surface area contributed by atoms with Gasteiger partial charge in [0.05, 0.1) is 5.25 Å². The van der Waals surface area contributed by atoms with Crippen molar-refractivity contribution in [2.45, 2.75) is 37.2 Å². The quantitative estimate of drug-likeness (QED) is 0.572. The number of nitrogens with one attached hydrogen (secondary N) is 2. The first-order chi connectivity index (χ1) is 13.4. The van der Waals surface area contributed by atoms with Gasteiger partial charge in [0.25, 0.3) is 0 Å². The summed E-state index contributed by atoms with van der Waals surface area (Å²) >= 11 is 7.25. The molecule has 0 fully saturated rings. The van der Waals surface area contributed by atoms with Gasteiger partial charge in [-0.25, -0.2) is 9.89 Å². The van der Waals surface area contributed by atoms with Gasteiger partial charge in [-0.1, -0.05) is 59.8 Å². The van der Waals surface area contributed by atoms with E-state index in [0.717, 1.165) is 11.1 Å². The van der Waals surface area contributed by atoms with E-state index < -0.39 is 5.25 Å². The summed E-state index contributed by atoms with van der Waals surface area (Å²) in [6, 6.07) is 15.3. The van der Waals surface area contributed by atoms with E-state index in [9.17, 15) is 9.59 Å². The number of anilines is 1. The number of hydrogen-bond acceptors (Lipinski definition) is 4. The Morgan fingerprint density at radius 3 is 2.79 bits per heavy atom. The lowest BCUT2D eigenvalue weighted by atomic mass is 10.1. The van der Waals surface area contributed by atoms with Gasteiger partial charge >= 0.3 is 5.69 Å². The van der Waals surface area contributed by atoms with Crippen LogP contribution >= 0.6 is 23.4 Å². The van der Waals surface area contributed by atoms with Gasteiger partial charge in [-0.2, -0.15) is 0 Å². The number of H-pyrrole nitrogens is 1. The van der Waals surface area contributed by atoms with E-state index in [1.54, 1.807) is 23.6 Å². The predicted molar refractivity (Wildman–Crippen MR) is 113 cm³/mol. The fourth-order valence-electron chi connectivity index (χ4n) is 2.65. The zero-order chi connectivity index (χ0) is 20.1. The number of nitrogens with zero attached hydrogens (tertiary/aromatic N) is 2. The molecule has 28 heavy (non-hydrogen) atoms. The predicted octanol–water partition coefficient (Wildman–Crippen LogP) is 3.90. The Kier molecular flexibility index (Phi) is 6.59. The number of aromatic nitrogens is 3. The third-order valence-corrected chi connectivity index (χ3v) is 5.62. The molecule has 3 rings (SSSR count). The van der Waals surface area contributed by atoms with Gasteiger partial charge in [0, 0.05) is 17.3 Å². The van der Waals surface area contributed by atoms with Gasteiger partial charge in [-0.05, 0) is 43.5 Å². The largest absolute Gasteiger partial charge is 0.343 e. The van der Waals surface area contributed by atoms with Crippen LogP contribution in [0.5, 0.6) is 0 Å². The Morgan fingerprint density at radius 2 is 2.04 bits per heavy atom. The lowest BCUT2D eigenvalue weighted by Crippen LogP contribution is -2.24. The lowest BCUT2D eigenvalue weighted by Gasteiger charge is -2.14. The normalized spacial score (nSPS) is 12.0. The summed E-state index contributed by atoms with van der Waals surface area (Å²) < 4.78 is 1.56. The molecule has 0 bridgehead atoms. The van der Waals surface area contributed by atoms with Gasteiger partial charge in [0.2, 0.25) is 5.91 Å². The van der Waals surface area contributed by atoms with Gasteiger partial charge in [-0.15, -0.1) is 5.10 Å². The van der Waals surface area contributed by atoms with Crippen molar-refractivity contribution in [3.05, 3.63) is 75.2 Å². The molecule has 0 aliphatic heterocycles. The van der Waals surface area contributed by atoms with Crippen LogP contribution in [0.15, 0.2) is 58.5 Å². The molecule has 0 saturated carbocycles. The molecule has 6 nitrogen and oxygen atoms in total. The zero-order valence-corrected chi connectivity index (χ0v) is 17.2. The maximum Gasteiger partial charge on any atom is 0.343 e. The van der Waals surface area contributed by atoms with Crippen molar-refractivity contribution in [1.29, 1.82) is 0 Å². The Morgan fingerprint density at radius 1 is 1.29 bits per heavy atom. The molecule has 1 amide bonds. The number of rotatable bonds is 7. The van der Waals surface area contributed by atoms with E-state index in [1.807, 2.05) is 43.3 Å². The molecule has 2 aromatic carbocycles. The van der Waals surface area contributed by atoms with E-state index in [0.29, 0.717) is 28.8 Å². The maximum absolute atomic E-state index is 12.6. The average molecular weight is 417 g/mol. The molecule has 2 N–H and O–H groups in total. The smallest absolute Gasteiger partial charge is 0.325 e. The van der Waals surface area contributed by atoms with E-state index >= 15 is 0 Å². The number of aryl methyl sites for hydroxylation is 2. The third kappa shape index (κ3) is 5.05. The van der Waals surface area contributed by atoms with Gasteiger partial charge in [0.15, 0.2) is 5.16 Å². The summed E-state index contributed by atoms with van der Waals surface area (Å²) in [5, 5.41) is 10.0. The molecular weight excluding hydrogens is 396 g/mol. The number of aromatic amines is 1. The zero-order valence-electron chi connectivity index (χ0n) is 15.6. The second kappa shape index (κ2) is 9.12. The Bertz CT molecular complexity index is 1020. The molecule has 146 valence electrons. The van der Waals surface area contributed by atoms with E-state index in [2.05, 4.69) is 15.5 Å². The minimum Gasteiger partial charge on any atom is -0.325 e. The van der Waals surface area contributed by atoms with E-state index in [4.69, 9.17) is 11.6 Å². The average Bonchev–Trinajstić information content (AvgIpc) is 3.03. The van der Waals surface area contributed by atoms with Crippen LogP contribution < -0.4 is 11.0 Å². The molecule has 0 aliphatic carbocycles. The SMILES string of the molecule is Cc1ccc(Cl)cc1NC(=O)[C@H](C)Sc1n[nH]c(=O)n1CCc1ccccc1. The molecule has 0 aliphatic rings. The summed E-state index contributed by atoms with van der Waals surface area (Å²) in [4.78, 5) is 24.7. The molecule has 0 radical (unpaired) electrons. The van der Waals surface area contributed by atoms with Crippen molar-refractivity contribution in [2.24, 2.45) is 0 Å². The monoisotopic (exact) mass is 416 g/mol. The first kappa shape index (κ1) is 20.2. The molecule has 0 spiro atoms. The molecule has 0 unspecified atom stereocenters. The van der Waals surface area contributed by atoms with Crippen molar-refractivity contribution >= 4 is 35.0 Å². The Labute approximate surface area is 172 Å². The summed E-state index contributed by atoms with van der Waals surface area (Å²) in [6.45, 7) is 4.17. The summed E-state index contributed by atoms with van der Waals surface area (Å²) in [6.07, 6.45) is 0.704. The van der Waals surface area contributed by atoms with Crippen LogP contribution in [0.25, 0.3) is 0 Å². The minimum absolute atomic E-state index is 0.180. The first-order valence-corrected chi connectivity index (χ1v) is 10.1. The molecule has 8 heteroatoms. The lowest BCUT2D eigenvalue weighted by molar-refractivity contribution is -0.115. The van der Waals surface area contributed by atoms with Crippen molar-refractivity contribution in [3.63, 3.8) is 0 Å². The Balaban J connectivity index is 1.67. The van der Waals surface area contributed by atoms with Crippen LogP contribution in [0, 0.1) is 6.92 Å². The summed E-state index contributed by atoms with van der Waals surface area (Å²) in [5.74, 6) is -0.180. The molecule has 1 aromatic heterocycles. The fourth-order valence-corrected chi connectivity index (χ4v) is 3.70. The molecule has 3 aromatic rings. The van der Waals surface area contributed by atoms with Gasteiger partial charge < -0.3 is 5.32 Å². The molecule has 0 saturated heterocycles. The molecular formula is C20H21ClN4O2S. The number of amides is 1. The number of hydrogen-bond donors (Lipinski definition) is 2. The fraction of sp³-hybridized carbons (Fsp3) is 0.250. The summed E-state index contributed by atoms with van der Waals surface area (Å²) in [7, 11) is 0. The van der Waals surface area contributed by atoms with E-state index in [1.165, 1.54) is 11.8 Å². The third-order valence-electron chi connectivity index (χ3n) is 4.30. The van der Waals surface area contributed by atoms with Crippen LogP contribution in [-0.2, 0) is 17.8 Å². The highest BCUT2D eigenvalue weighted by Crippen LogP contribution is 2.24. The second-order valence-electron chi connectivity index (χ2n) is 6.41. The number of carbonyl (C=O) groups is 1. The van der Waals surface area contributed by atoms with Crippen LogP contribution in [0.3, 0.4) is 0 Å². The van der Waals surface area contributed by atoms with Crippen molar-refractivity contribution in [3.8, 4) is 0 Å². The number of carbonyl (C=O) groups excluding carboxylic acids is 1. The van der Waals surface area contributed by atoms with Gasteiger partial charge in [0.1, 0.15) is 0 Å². The Hall–Kier alpha value is -2.51. The number of benzene rings is 2. The molecule has 1 heterocycles. The second-order valence-corrected chi connectivity index (χ2v) is 8.15. The first-order valence-electron chi connectivity index (χ1n) is 8.87. The standard InChI is InChI=1S/C20H21ClN4O2S/c1-13-8-9-16(21)12-17(13)22-18(26)14(2)28-20-24-23-19(27)25(20)11-10-15-6-4-3-5-7-15/h3-9,12,14H,10-11H2,1-2H3,(H,22,26)(H,23,27)/t14-/m0/s1. The maximum atomic E-state index is 12.6. The van der Waals surface area contributed by atoms with Crippen LogP contribution in [0.2, 0.25) is 5.02 Å². The van der Waals surface area contributed by atoms with Gasteiger partial charge in [-0.3, -0.25) is 9.36 Å². The highest BCUT2D eigenvalue weighted by atomic mass is 35.5. The van der Waals surface area contributed by atoms with Crippen LogP contribution in [0.1, 0.15) is 18.1 Å². The summed E-state index contributed by atoms with van der Waals surface area (Å²) in [5.41, 5.74) is 2.45. The van der Waals surface area contributed by atoms with Crippen LogP contribution in [0.4, 0.5) is 5.69 Å². The number of thioether (sulfide) groups is 1. The van der Waals surface area contributed by atoms with Crippen molar-refractivity contribution < 1.29 is 4.79 Å². The van der Waals surface area contributed by atoms with Crippen molar-refractivity contribution in [1.82, 2.24) is 14.8 Å². The minimum atomic E-state index is -0.441. The topological polar surface area (TPSA) is 79.8 Å². The van der Waals surface area contributed by atoms with E-state index in [-0.39, 0.29) is 11.6 Å². The highest BCUT2D eigenvalue weighted by molar-refractivity contribution is 8.00. The highest BCUT2D eigenvalue weighted by Gasteiger charge is 2.19. The van der Waals surface area contributed by atoms with Crippen molar-refractivity contribution in [2.75, 3.05) is 5.32 Å². The molecule has 1 atom stereocenters.